The molecular weight excluding hydrogens is 378 g/mol. The quantitative estimate of drug-likeness (QED) is 0.582. The second-order valence-electron chi connectivity index (χ2n) is 9.67. The number of rotatable bonds is 4. The van der Waals surface area contributed by atoms with Crippen LogP contribution in [0.4, 0.5) is 4.79 Å². The molecule has 1 fully saturated rings. The van der Waals surface area contributed by atoms with Crippen LogP contribution >= 0.6 is 0 Å². The van der Waals surface area contributed by atoms with Crippen molar-refractivity contribution in [3.05, 3.63) is 59.9 Å². The second-order valence-corrected chi connectivity index (χ2v) is 9.67. The van der Waals surface area contributed by atoms with Crippen molar-refractivity contribution in [3.8, 4) is 0 Å². The molecule has 5 heteroatoms. The van der Waals surface area contributed by atoms with Crippen molar-refractivity contribution in [2.24, 2.45) is 5.92 Å². The minimum Gasteiger partial charge on any atom is -0.457 e. The fraction of sp³-hybridized carbons (Fsp3) is 0.520. The van der Waals surface area contributed by atoms with Crippen molar-refractivity contribution < 1.29 is 19.1 Å². The van der Waals surface area contributed by atoms with Gasteiger partial charge in [0.1, 0.15) is 17.4 Å². The van der Waals surface area contributed by atoms with Gasteiger partial charge in [0.05, 0.1) is 0 Å². The molecule has 1 heterocycles. The molecule has 0 unspecified atom stereocenters. The third kappa shape index (κ3) is 4.94. The van der Waals surface area contributed by atoms with Gasteiger partial charge in [-0.1, -0.05) is 50.6 Å². The number of aromatic nitrogens is 1. The average molecular weight is 412 g/mol. The molecule has 0 radical (unpaired) electrons. The Hall–Kier alpha value is -2.56. The largest absolute Gasteiger partial charge is 0.457 e. The van der Waals surface area contributed by atoms with Crippen LogP contribution in [0.25, 0.3) is 0 Å². The summed E-state index contributed by atoms with van der Waals surface area (Å²) < 4.78 is 12.7. The third-order valence-electron chi connectivity index (χ3n) is 5.95. The maximum atomic E-state index is 13.0. The van der Waals surface area contributed by atoms with Gasteiger partial charge in [0.15, 0.2) is 0 Å². The number of hydrogen-bond acceptors (Lipinski definition) is 4. The standard InChI is InChI=1S/C25H33NO4/c1-24(2,3)30-23(28)26-17-11-15-20(26)22(27)29-21-16-10-9-14-19(21)25(4,5)18-12-7-6-8-13-18/h6-8,11-13,15,17,19,21H,9-10,14,16H2,1-5H3/t19-,21-/m0/s1. The lowest BCUT2D eigenvalue weighted by Gasteiger charge is -2.42. The summed E-state index contributed by atoms with van der Waals surface area (Å²) in [5.74, 6) is -0.269. The topological polar surface area (TPSA) is 57.5 Å². The van der Waals surface area contributed by atoms with Gasteiger partial charge < -0.3 is 9.47 Å². The predicted molar refractivity (Wildman–Crippen MR) is 117 cm³/mol. The number of benzene rings is 1. The van der Waals surface area contributed by atoms with Crippen molar-refractivity contribution in [2.75, 3.05) is 0 Å². The molecule has 0 amide bonds. The molecule has 1 aromatic heterocycles. The Morgan fingerprint density at radius 2 is 1.60 bits per heavy atom. The van der Waals surface area contributed by atoms with Gasteiger partial charge in [-0.25, -0.2) is 14.2 Å². The van der Waals surface area contributed by atoms with E-state index >= 15 is 0 Å². The van der Waals surface area contributed by atoms with E-state index in [1.54, 1.807) is 32.9 Å². The Morgan fingerprint density at radius 1 is 0.933 bits per heavy atom. The minimum absolute atomic E-state index is 0.125. The van der Waals surface area contributed by atoms with Crippen LogP contribution in [0.1, 0.15) is 76.4 Å². The van der Waals surface area contributed by atoms with Gasteiger partial charge in [-0.15, -0.1) is 0 Å². The van der Waals surface area contributed by atoms with E-state index in [4.69, 9.17) is 9.47 Å². The highest BCUT2D eigenvalue weighted by atomic mass is 16.6. The van der Waals surface area contributed by atoms with E-state index < -0.39 is 17.7 Å². The van der Waals surface area contributed by atoms with E-state index in [-0.39, 0.29) is 23.1 Å². The number of ether oxygens (including phenoxy) is 2. The van der Waals surface area contributed by atoms with E-state index in [0.29, 0.717) is 0 Å². The fourth-order valence-corrected chi connectivity index (χ4v) is 4.36. The van der Waals surface area contributed by atoms with Gasteiger partial charge in [0.25, 0.3) is 0 Å². The maximum absolute atomic E-state index is 13.0. The van der Waals surface area contributed by atoms with Crippen molar-refractivity contribution in [2.45, 2.75) is 77.4 Å². The molecule has 0 aliphatic heterocycles. The summed E-state index contributed by atoms with van der Waals surface area (Å²) >= 11 is 0. The number of carbonyl (C=O) groups excluding carboxylic acids is 2. The molecule has 2 atom stereocenters. The van der Waals surface area contributed by atoms with E-state index in [1.165, 1.54) is 16.3 Å². The number of esters is 1. The van der Waals surface area contributed by atoms with E-state index in [2.05, 4.69) is 38.1 Å². The van der Waals surface area contributed by atoms with Crippen LogP contribution in [-0.2, 0) is 14.9 Å². The zero-order chi connectivity index (χ0) is 21.9. The van der Waals surface area contributed by atoms with Crippen molar-refractivity contribution in [3.63, 3.8) is 0 Å². The molecule has 162 valence electrons. The smallest absolute Gasteiger partial charge is 0.419 e. The molecule has 0 N–H and O–H groups in total. The average Bonchev–Trinajstić information content (AvgIpc) is 3.18. The molecule has 0 saturated heterocycles. The first-order valence-corrected chi connectivity index (χ1v) is 10.8. The summed E-state index contributed by atoms with van der Waals surface area (Å²) in [6.07, 6.45) is 4.77. The highest BCUT2D eigenvalue weighted by molar-refractivity contribution is 5.92. The molecule has 0 spiro atoms. The fourth-order valence-electron chi connectivity index (χ4n) is 4.36. The van der Waals surface area contributed by atoms with Crippen LogP contribution in [-0.4, -0.2) is 28.3 Å². The minimum atomic E-state index is -0.642. The molecule has 0 bridgehead atoms. The summed E-state index contributed by atoms with van der Waals surface area (Å²) in [4.78, 5) is 25.5. The molecule has 3 rings (SSSR count). The van der Waals surface area contributed by atoms with Crippen LogP contribution in [0.5, 0.6) is 0 Å². The number of hydrogen-bond donors (Lipinski definition) is 0. The number of nitrogens with zero attached hydrogens (tertiary/aromatic N) is 1. The second kappa shape index (κ2) is 8.66. The summed E-state index contributed by atoms with van der Waals surface area (Å²) in [5.41, 5.74) is 0.678. The first-order valence-electron chi connectivity index (χ1n) is 10.8. The Balaban J connectivity index is 1.79. The van der Waals surface area contributed by atoms with Gasteiger partial charge in [-0.2, -0.15) is 0 Å². The normalized spacial score (nSPS) is 19.9. The molecule has 2 aromatic rings. The lowest BCUT2D eigenvalue weighted by molar-refractivity contribution is -0.0155. The van der Waals surface area contributed by atoms with Crippen molar-refractivity contribution >= 4 is 12.1 Å². The van der Waals surface area contributed by atoms with Gasteiger partial charge in [-0.05, 0) is 63.1 Å². The summed E-state index contributed by atoms with van der Waals surface area (Å²) in [5, 5.41) is 0. The van der Waals surface area contributed by atoms with Gasteiger partial charge >= 0.3 is 12.1 Å². The molecule has 5 nitrogen and oxygen atoms in total. The Kier molecular flexibility index (Phi) is 6.39. The van der Waals surface area contributed by atoms with Crippen LogP contribution < -0.4 is 0 Å². The SMILES string of the molecule is CC(C)(C)OC(=O)n1cccc1C(=O)O[C@H]1CCCC[C@@H]1C(C)(C)c1ccccc1. The monoisotopic (exact) mass is 411 g/mol. The molecule has 1 aliphatic carbocycles. The zero-order valence-electron chi connectivity index (χ0n) is 18.7. The molecule has 1 aromatic carbocycles. The summed E-state index contributed by atoms with van der Waals surface area (Å²) in [6, 6.07) is 13.7. The lowest BCUT2D eigenvalue weighted by atomic mass is 9.66. The lowest BCUT2D eigenvalue weighted by Crippen LogP contribution is -2.42. The highest BCUT2D eigenvalue weighted by Gasteiger charge is 2.40. The summed E-state index contributed by atoms with van der Waals surface area (Å²) in [7, 11) is 0. The van der Waals surface area contributed by atoms with Gasteiger partial charge in [0.2, 0.25) is 0 Å². The Bertz CT molecular complexity index is 876. The molecule has 1 aliphatic rings. The summed E-state index contributed by atoms with van der Waals surface area (Å²) in [6.45, 7) is 9.84. The van der Waals surface area contributed by atoms with Crippen LogP contribution in [0, 0.1) is 5.92 Å². The van der Waals surface area contributed by atoms with Crippen LogP contribution in [0.2, 0.25) is 0 Å². The first-order chi connectivity index (χ1) is 14.1. The van der Waals surface area contributed by atoms with Crippen LogP contribution in [0.3, 0.4) is 0 Å². The van der Waals surface area contributed by atoms with E-state index in [1.807, 2.05) is 6.07 Å². The van der Waals surface area contributed by atoms with E-state index in [9.17, 15) is 9.59 Å². The van der Waals surface area contributed by atoms with Crippen LogP contribution in [0.15, 0.2) is 48.7 Å². The van der Waals surface area contributed by atoms with Crippen molar-refractivity contribution in [1.29, 1.82) is 0 Å². The number of carbonyl (C=O) groups is 2. The van der Waals surface area contributed by atoms with Crippen molar-refractivity contribution in [1.82, 2.24) is 4.57 Å². The molecule has 30 heavy (non-hydrogen) atoms. The predicted octanol–water partition coefficient (Wildman–Crippen LogP) is 5.96. The molecule has 1 saturated carbocycles. The third-order valence-corrected chi connectivity index (χ3v) is 5.95. The van der Waals surface area contributed by atoms with E-state index in [0.717, 1.165) is 25.7 Å². The first kappa shape index (κ1) is 22.1. The maximum Gasteiger partial charge on any atom is 0.419 e. The molecular formula is C25H33NO4. The zero-order valence-corrected chi connectivity index (χ0v) is 18.7. The van der Waals surface area contributed by atoms with Gasteiger partial charge in [0, 0.05) is 12.1 Å². The Morgan fingerprint density at radius 3 is 2.27 bits per heavy atom. The highest BCUT2D eigenvalue weighted by Crippen LogP contribution is 2.42. The Labute approximate surface area is 179 Å². The van der Waals surface area contributed by atoms with Gasteiger partial charge in [-0.3, -0.25) is 0 Å².